The standard InChI is InChI=1S/C12H11N2O2S2.C6H5.C4H9.Sn/c13-9-5-1-4-8-12(9)18(15,16)14-10-6-2-3-7-11(10)17;1-2-4-6-5-3-1;1-3-4-2;/h1-8,17H,13H2;1-5H;1,3-4H2,2H3;/q-1;;;+2/p-1. The molecular weight excluding hydrogens is 507 g/mol. The van der Waals surface area contributed by atoms with Crippen LogP contribution in [0.3, 0.4) is 0 Å². The Morgan fingerprint density at radius 3 is 2.31 bits per heavy atom. The zero-order valence-corrected chi connectivity index (χ0v) is 20.8. The van der Waals surface area contributed by atoms with Gasteiger partial charge in [-0.15, -0.1) is 0 Å². The molecule has 150 valence electrons. The Labute approximate surface area is 179 Å². The summed E-state index contributed by atoms with van der Waals surface area (Å²) in [6.45, 7) is 2.16. The number of rotatable bonds is 6. The molecule has 0 saturated carbocycles. The minimum absolute atomic E-state index is 0.200. The number of hydrogen-bond donors (Lipinski definition) is 1. The van der Waals surface area contributed by atoms with E-state index in [9.17, 15) is 8.42 Å². The third kappa shape index (κ3) is 3.55. The number of nitrogens with zero attached hydrogens (tertiary/aromatic N) is 1. The zero-order chi connectivity index (χ0) is 20.5. The second-order valence-electron chi connectivity index (χ2n) is 7.13. The van der Waals surface area contributed by atoms with Crippen LogP contribution in [0, 0.1) is 0 Å². The van der Waals surface area contributed by atoms with E-state index in [1.165, 1.54) is 3.58 Å². The molecule has 1 atom stereocenters. The summed E-state index contributed by atoms with van der Waals surface area (Å²) in [5, 5.41) is 0. The number of fused-ring (bicyclic) bond motifs is 1. The Morgan fingerprint density at radius 1 is 0.931 bits per heavy atom. The van der Waals surface area contributed by atoms with Gasteiger partial charge in [-0.2, -0.15) is 0 Å². The van der Waals surface area contributed by atoms with Crippen molar-refractivity contribution in [3.8, 4) is 0 Å². The van der Waals surface area contributed by atoms with Crippen molar-refractivity contribution in [3.05, 3.63) is 78.9 Å². The third-order valence-corrected chi connectivity index (χ3v) is 30.6. The van der Waals surface area contributed by atoms with Gasteiger partial charge < -0.3 is 0 Å². The first-order chi connectivity index (χ1) is 14.0. The van der Waals surface area contributed by atoms with E-state index in [4.69, 9.17) is 5.73 Å². The van der Waals surface area contributed by atoms with Gasteiger partial charge in [0, 0.05) is 0 Å². The SMILES string of the molecule is CCC[CH2][Sn]1([c]2ccccc2)[S]c2ccccc2[N]1S(=O)(=O)c1ccccc1N. The summed E-state index contributed by atoms with van der Waals surface area (Å²) in [7, 11) is -1.96. The third-order valence-electron chi connectivity index (χ3n) is 5.22. The van der Waals surface area contributed by atoms with Gasteiger partial charge in [0.25, 0.3) is 0 Å². The first-order valence-corrected chi connectivity index (χ1v) is 20.2. The van der Waals surface area contributed by atoms with Crippen molar-refractivity contribution in [1.29, 1.82) is 0 Å². The summed E-state index contributed by atoms with van der Waals surface area (Å²) < 4.78 is 32.0. The molecule has 29 heavy (non-hydrogen) atoms. The van der Waals surface area contributed by atoms with E-state index >= 15 is 0 Å². The molecule has 0 spiro atoms. The van der Waals surface area contributed by atoms with Crippen molar-refractivity contribution in [3.63, 3.8) is 0 Å². The normalized spacial score (nSPS) is 18.6. The minimum atomic E-state index is -3.79. The van der Waals surface area contributed by atoms with Gasteiger partial charge >= 0.3 is 181 Å². The van der Waals surface area contributed by atoms with Crippen LogP contribution in [-0.2, 0) is 10.0 Å². The first-order valence-electron chi connectivity index (χ1n) is 9.74. The molecule has 4 nitrogen and oxygen atoms in total. The molecule has 4 rings (SSSR count). The average molecular weight is 531 g/mol. The van der Waals surface area contributed by atoms with Crippen molar-refractivity contribution < 1.29 is 8.42 Å². The number of para-hydroxylation sites is 2. The van der Waals surface area contributed by atoms with Crippen LogP contribution in [0.5, 0.6) is 0 Å². The van der Waals surface area contributed by atoms with Crippen LogP contribution in [0.4, 0.5) is 11.4 Å². The van der Waals surface area contributed by atoms with Gasteiger partial charge in [0.1, 0.15) is 0 Å². The van der Waals surface area contributed by atoms with Gasteiger partial charge in [-0.25, -0.2) is 0 Å². The maximum atomic E-state index is 14.1. The molecule has 0 bridgehead atoms. The molecule has 0 saturated heterocycles. The van der Waals surface area contributed by atoms with E-state index in [0.29, 0.717) is 5.69 Å². The summed E-state index contributed by atoms with van der Waals surface area (Å²) in [5.41, 5.74) is 7.23. The van der Waals surface area contributed by atoms with Crippen molar-refractivity contribution >= 4 is 51.2 Å². The number of anilines is 2. The van der Waals surface area contributed by atoms with Crippen LogP contribution >= 0.6 is 8.95 Å². The molecule has 1 heterocycles. The molecule has 0 radical (unpaired) electrons. The van der Waals surface area contributed by atoms with Crippen LogP contribution in [0.25, 0.3) is 0 Å². The zero-order valence-electron chi connectivity index (χ0n) is 16.3. The Kier molecular flexibility index (Phi) is 5.86. The van der Waals surface area contributed by atoms with Crippen molar-refractivity contribution in [2.45, 2.75) is 34.0 Å². The van der Waals surface area contributed by atoms with Crippen LogP contribution in [0.15, 0.2) is 88.7 Å². The molecule has 7 heteroatoms. The van der Waals surface area contributed by atoms with Gasteiger partial charge in [-0.05, 0) is 0 Å². The fourth-order valence-corrected chi connectivity index (χ4v) is 32.9. The topological polar surface area (TPSA) is 63.4 Å². The van der Waals surface area contributed by atoms with E-state index in [2.05, 4.69) is 19.1 Å². The summed E-state index contributed by atoms with van der Waals surface area (Å²) >= 11 is -3.70. The van der Waals surface area contributed by atoms with Gasteiger partial charge in [0.15, 0.2) is 0 Å². The predicted octanol–water partition coefficient (Wildman–Crippen LogP) is 4.72. The molecule has 2 N–H and O–H groups in total. The Hall–Kier alpha value is -1.64. The van der Waals surface area contributed by atoms with E-state index in [0.717, 1.165) is 27.9 Å². The predicted molar refractivity (Wildman–Crippen MR) is 124 cm³/mol. The summed E-state index contributed by atoms with van der Waals surface area (Å²) in [4.78, 5) is 1.26. The molecule has 1 unspecified atom stereocenters. The molecule has 0 aromatic heterocycles. The monoisotopic (exact) mass is 532 g/mol. The van der Waals surface area contributed by atoms with Crippen molar-refractivity contribution in [2.24, 2.45) is 0 Å². The number of sulfonamides is 1. The molecule has 0 amide bonds. The molecule has 1 aliphatic heterocycles. The number of benzene rings is 3. The fraction of sp³-hybridized carbons (Fsp3) is 0.182. The molecule has 3 aromatic rings. The number of nitrogens with two attached hydrogens (primary N) is 1. The Bertz CT molecular complexity index is 1120. The second kappa shape index (κ2) is 8.24. The molecule has 0 aliphatic carbocycles. The van der Waals surface area contributed by atoms with E-state index in [1.54, 1.807) is 24.3 Å². The van der Waals surface area contributed by atoms with E-state index < -0.39 is 27.3 Å². The van der Waals surface area contributed by atoms with Crippen LogP contribution in [0.1, 0.15) is 19.8 Å². The molecule has 1 aliphatic rings. The molecular formula is C22H24N2O2S2Sn. The molecule has 0 fully saturated rings. The van der Waals surface area contributed by atoms with Crippen LogP contribution in [0.2, 0.25) is 4.44 Å². The maximum absolute atomic E-state index is 14.1. The van der Waals surface area contributed by atoms with Gasteiger partial charge in [-0.1, -0.05) is 0 Å². The van der Waals surface area contributed by atoms with Crippen LogP contribution < -0.4 is 11.8 Å². The molecule has 3 aromatic carbocycles. The summed E-state index contributed by atoms with van der Waals surface area (Å²) in [5.74, 6) is 0. The Balaban J connectivity index is 1.99. The average Bonchev–Trinajstić information content (AvgIpc) is 3.09. The quantitative estimate of drug-likeness (QED) is 0.370. The van der Waals surface area contributed by atoms with Crippen LogP contribution in [-0.4, -0.2) is 25.7 Å². The van der Waals surface area contributed by atoms with Crippen molar-refractivity contribution in [1.82, 2.24) is 0 Å². The van der Waals surface area contributed by atoms with Gasteiger partial charge in [0.2, 0.25) is 0 Å². The number of hydrogen-bond acceptors (Lipinski definition) is 4. The fourth-order valence-electron chi connectivity index (χ4n) is 3.85. The van der Waals surface area contributed by atoms with Crippen molar-refractivity contribution in [2.75, 3.05) is 8.26 Å². The first kappa shape index (κ1) is 20.6. The van der Waals surface area contributed by atoms with E-state index in [1.807, 2.05) is 53.9 Å². The van der Waals surface area contributed by atoms with E-state index in [-0.39, 0.29) is 4.90 Å². The van der Waals surface area contributed by atoms with Gasteiger partial charge in [-0.3, -0.25) is 0 Å². The Morgan fingerprint density at radius 2 is 1.59 bits per heavy atom. The number of unbranched alkanes of at least 4 members (excludes halogenated alkanes) is 1. The summed E-state index contributed by atoms with van der Waals surface area (Å²) in [6, 6.07) is 24.9. The number of nitrogen functional groups attached to an aromatic ring is 1. The van der Waals surface area contributed by atoms with Gasteiger partial charge in [0.05, 0.1) is 0 Å². The summed E-state index contributed by atoms with van der Waals surface area (Å²) in [6.07, 6.45) is 2.03. The second-order valence-corrected chi connectivity index (χ2v) is 25.6.